The van der Waals surface area contributed by atoms with Crippen LogP contribution in [0.25, 0.3) is 0 Å². The van der Waals surface area contributed by atoms with E-state index in [1.165, 1.54) is 30.5 Å². The van der Waals surface area contributed by atoms with E-state index in [0.717, 1.165) is 49.9 Å². The monoisotopic (exact) mass is 297 g/mol. The van der Waals surface area contributed by atoms with Gasteiger partial charge in [-0.3, -0.25) is 0 Å². The van der Waals surface area contributed by atoms with Crippen LogP contribution in [0, 0.1) is 5.92 Å². The van der Waals surface area contributed by atoms with Gasteiger partial charge in [-0.1, -0.05) is 29.4 Å². The molecule has 2 atom stereocenters. The first-order valence-electron chi connectivity index (χ1n) is 8.51. The van der Waals surface area contributed by atoms with E-state index < -0.39 is 0 Å². The molecule has 0 bridgehead atoms. The summed E-state index contributed by atoms with van der Waals surface area (Å²) in [5.41, 5.74) is 2.82. The van der Waals surface area contributed by atoms with E-state index in [2.05, 4.69) is 39.7 Å². The highest BCUT2D eigenvalue weighted by Crippen LogP contribution is 2.36. The maximum absolute atomic E-state index is 5.50. The summed E-state index contributed by atoms with van der Waals surface area (Å²) in [5.74, 6) is 2.77. The third-order valence-corrected chi connectivity index (χ3v) is 5.09. The van der Waals surface area contributed by atoms with Gasteiger partial charge in [-0.15, -0.1) is 0 Å². The highest BCUT2D eigenvalue weighted by atomic mass is 16.5. The molecule has 2 aliphatic rings. The van der Waals surface area contributed by atoms with E-state index >= 15 is 0 Å². The molecule has 0 amide bonds. The van der Waals surface area contributed by atoms with E-state index in [1.807, 2.05) is 0 Å². The zero-order valence-corrected chi connectivity index (χ0v) is 12.9. The van der Waals surface area contributed by atoms with Gasteiger partial charge in [0.1, 0.15) is 0 Å². The second-order valence-electron chi connectivity index (χ2n) is 6.59. The predicted molar refractivity (Wildman–Crippen MR) is 84.8 cm³/mol. The number of nitrogens with zero attached hydrogens (tertiary/aromatic N) is 2. The van der Waals surface area contributed by atoms with Crippen molar-refractivity contribution in [1.82, 2.24) is 15.5 Å². The van der Waals surface area contributed by atoms with E-state index in [1.54, 1.807) is 0 Å². The largest absolute Gasteiger partial charge is 0.339 e. The fraction of sp³-hybridized carbons (Fsp3) is 0.556. The number of fused-ring (bicyclic) bond motifs is 1. The molecular formula is C18H23N3O. The first kappa shape index (κ1) is 13.9. The lowest BCUT2D eigenvalue weighted by Crippen LogP contribution is -2.29. The number of piperidine rings is 1. The third kappa shape index (κ3) is 2.80. The number of aryl methyl sites for hydroxylation is 2. The van der Waals surface area contributed by atoms with E-state index in [0.29, 0.717) is 5.92 Å². The van der Waals surface area contributed by atoms with Crippen molar-refractivity contribution in [3.05, 3.63) is 47.1 Å². The summed E-state index contributed by atoms with van der Waals surface area (Å²) < 4.78 is 5.50. The van der Waals surface area contributed by atoms with Crippen molar-refractivity contribution >= 4 is 0 Å². The molecule has 2 unspecified atom stereocenters. The van der Waals surface area contributed by atoms with Gasteiger partial charge in [-0.25, -0.2) is 0 Å². The average molecular weight is 297 g/mol. The van der Waals surface area contributed by atoms with Crippen molar-refractivity contribution in [1.29, 1.82) is 0 Å². The fourth-order valence-electron chi connectivity index (χ4n) is 3.83. The molecule has 116 valence electrons. The molecule has 1 aromatic carbocycles. The number of aromatic nitrogens is 2. The van der Waals surface area contributed by atoms with E-state index in [9.17, 15) is 0 Å². The SMILES string of the molecule is c1ccc2c(c1)CCC2c1noc(CCC2CCCNC2)n1. The topological polar surface area (TPSA) is 51.0 Å². The lowest BCUT2D eigenvalue weighted by atomic mass is 9.95. The average Bonchev–Trinajstić information content (AvgIpc) is 3.20. The zero-order chi connectivity index (χ0) is 14.8. The second-order valence-corrected chi connectivity index (χ2v) is 6.59. The maximum atomic E-state index is 5.50. The normalized spacial score (nSPS) is 24.4. The van der Waals surface area contributed by atoms with Gasteiger partial charge >= 0.3 is 0 Å². The highest BCUT2D eigenvalue weighted by molar-refractivity contribution is 5.38. The standard InChI is InChI=1S/C18H23N3O/c1-2-6-15-14(5-1)8-9-16(15)18-20-17(22-21-18)10-7-13-4-3-11-19-12-13/h1-2,5-6,13,16,19H,3-4,7-12H2. The Labute approximate surface area is 131 Å². The first-order chi connectivity index (χ1) is 10.9. The molecule has 4 rings (SSSR count). The minimum Gasteiger partial charge on any atom is -0.339 e. The van der Waals surface area contributed by atoms with Gasteiger partial charge in [0.05, 0.1) is 0 Å². The van der Waals surface area contributed by atoms with Gasteiger partial charge in [0.2, 0.25) is 5.89 Å². The molecule has 1 N–H and O–H groups in total. The Bertz CT molecular complexity index is 631. The summed E-state index contributed by atoms with van der Waals surface area (Å²) >= 11 is 0. The second kappa shape index (κ2) is 6.21. The lowest BCUT2D eigenvalue weighted by molar-refractivity contribution is 0.325. The van der Waals surface area contributed by atoms with Crippen LogP contribution in [0.4, 0.5) is 0 Å². The van der Waals surface area contributed by atoms with Crippen LogP contribution in [0.5, 0.6) is 0 Å². The first-order valence-corrected chi connectivity index (χ1v) is 8.51. The van der Waals surface area contributed by atoms with Crippen LogP contribution >= 0.6 is 0 Å². The molecule has 2 heterocycles. The van der Waals surface area contributed by atoms with Crippen molar-refractivity contribution in [2.75, 3.05) is 13.1 Å². The molecular weight excluding hydrogens is 274 g/mol. The summed E-state index contributed by atoms with van der Waals surface area (Å²) in [4.78, 5) is 4.68. The van der Waals surface area contributed by atoms with Crippen molar-refractivity contribution in [2.24, 2.45) is 5.92 Å². The van der Waals surface area contributed by atoms with Gasteiger partial charge in [-0.2, -0.15) is 4.98 Å². The van der Waals surface area contributed by atoms with E-state index in [4.69, 9.17) is 4.52 Å². The summed E-state index contributed by atoms with van der Waals surface area (Å²) in [5, 5.41) is 7.72. The Morgan fingerprint density at radius 1 is 1.23 bits per heavy atom. The van der Waals surface area contributed by atoms with Crippen LogP contribution in [-0.2, 0) is 12.8 Å². The number of hydrogen-bond donors (Lipinski definition) is 1. The van der Waals surface area contributed by atoms with Crippen molar-refractivity contribution in [3.63, 3.8) is 0 Å². The lowest BCUT2D eigenvalue weighted by Gasteiger charge is -2.21. The Balaban J connectivity index is 1.41. The summed E-state index contributed by atoms with van der Waals surface area (Å²) in [6.45, 7) is 2.30. The number of rotatable bonds is 4. The van der Waals surface area contributed by atoms with Gasteiger partial charge < -0.3 is 9.84 Å². The van der Waals surface area contributed by atoms with Crippen molar-refractivity contribution < 1.29 is 4.52 Å². The fourth-order valence-corrected chi connectivity index (χ4v) is 3.83. The van der Waals surface area contributed by atoms with Crippen molar-refractivity contribution in [3.8, 4) is 0 Å². The summed E-state index contributed by atoms with van der Waals surface area (Å²) in [7, 11) is 0. The zero-order valence-electron chi connectivity index (χ0n) is 12.9. The van der Waals surface area contributed by atoms with E-state index in [-0.39, 0.29) is 0 Å². The minimum atomic E-state index is 0.324. The smallest absolute Gasteiger partial charge is 0.226 e. The molecule has 1 fully saturated rings. The molecule has 1 aliphatic carbocycles. The van der Waals surface area contributed by atoms with Crippen LogP contribution in [0.1, 0.15) is 54.4 Å². The predicted octanol–water partition coefficient (Wildman–Crippen LogP) is 3.08. The Hall–Kier alpha value is -1.68. The summed E-state index contributed by atoms with van der Waals surface area (Å²) in [6.07, 6.45) is 6.90. The molecule has 1 aliphatic heterocycles. The number of benzene rings is 1. The molecule has 4 nitrogen and oxygen atoms in total. The van der Waals surface area contributed by atoms with Crippen LogP contribution in [0.2, 0.25) is 0 Å². The van der Waals surface area contributed by atoms with Crippen LogP contribution < -0.4 is 5.32 Å². The Kier molecular flexibility index (Phi) is 3.94. The van der Waals surface area contributed by atoms with Gasteiger partial charge in [0.15, 0.2) is 5.82 Å². The Morgan fingerprint density at radius 2 is 2.18 bits per heavy atom. The van der Waals surface area contributed by atoms with Crippen LogP contribution in [0.3, 0.4) is 0 Å². The molecule has 1 aromatic heterocycles. The third-order valence-electron chi connectivity index (χ3n) is 5.09. The Morgan fingerprint density at radius 3 is 3.09 bits per heavy atom. The minimum absolute atomic E-state index is 0.324. The molecule has 22 heavy (non-hydrogen) atoms. The number of nitrogens with one attached hydrogen (secondary N) is 1. The van der Waals surface area contributed by atoms with Gasteiger partial charge in [-0.05, 0) is 62.2 Å². The quantitative estimate of drug-likeness (QED) is 0.942. The van der Waals surface area contributed by atoms with Crippen molar-refractivity contribution in [2.45, 2.75) is 44.4 Å². The molecule has 2 aromatic rings. The summed E-state index contributed by atoms with van der Waals surface area (Å²) in [6, 6.07) is 8.64. The van der Waals surface area contributed by atoms with Crippen LogP contribution in [0.15, 0.2) is 28.8 Å². The maximum Gasteiger partial charge on any atom is 0.226 e. The number of hydrogen-bond acceptors (Lipinski definition) is 4. The van der Waals surface area contributed by atoms with Gasteiger partial charge in [0, 0.05) is 12.3 Å². The molecule has 1 saturated heterocycles. The molecule has 0 spiro atoms. The molecule has 0 saturated carbocycles. The van der Waals surface area contributed by atoms with Gasteiger partial charge in [0.25, 0.3) is 0 Å². The molecule has 4 heteroatoms. The highest BCUT2D eigenvalue weighted by Gasteiger charge is 2.27. The molecule has 0 radical (unpaired) electrons. The van der Waals surface area contributed by atoms with Crippen LogP contribution in [-0.4, -0.2) is 23.2 Å².